The van der Waals surface area contributed by atoms with Gasteiger partial charge >= 0.3 is 0 Å². The maximum absolute atomic E-state index is 12.6. The quantitative estimate of drug-likeness (QED) is 0.770. The van der Waals surface area contributed by atoms with E-state index in [1.54, 1.807) is 12.4 Å². The Bertz CT molecular complexity index is 867. The second-order valence-electron chi connectivity index (χ2n) is 6.41. The third kappa shape index (κ3) is 3.59. The van der Waals surface area contributed by atoms with Crippen LogP contribution in [0.1, 0.15) is 28.8 Å². The highest BCUT2D eigenvalue weighted by molar-refractivity contribution is 6.04. The van der Waals surface area contributed by atoms with Crippen LogP contribution in [0, 0.1) is 0 Å². The predicted molar refractivity (Wildman–Crippen MR) is 101 cm³/mol. The number of hydrogen-bond donors (Lipinski definition) is 1. The van der Waals surface area contributed by atoms with Gasteiger partial charge in [-0.3, -0.25) is 9.48 Å². The smallest absolute Gasteiger partial charge is 0.257 e. The Morgan fingerprint density at radius 3 is 2.65 bits per heavy atom. The second kappa shape index (κ2) is 7.39. The highest BCUT2D eigenvalue weighted by Crippen LogP contribution is 2.20. The molecule has 3 heterocycles. The standard InChI is InChI=1S/C20H21N5O/c26-20(16-8-9-19(21-14-16)24-11-3-4-12-24)23-18-7-2-1-6-17(18)15-25-13-5-10-22-25/h1-2,5-10,13-14H,3-4,11-12,15H2,(H,23,26). The molecule has 132 valence electrons. The lowest BCUT2D eigenvalue weighted by Gasteiger charge is -2.16. The van der Waals surface area contributed by atoms with Crippen molar-refractivity contribution >= 4 is 17.4 Å². The summed E-state index contributed by atoms with van der Waals surface area (Å²) < 4.78 is 1.83. The van der Waals surface area contributed by atoms with E-state index in [9.17, 15) is 4.79 Å². The van der Waals surface area contributed by atoms with Crippen molar-refractivity contribution in [2.45, 2.75) is 19.4 Å². The molecule has 6 heteroatoms. The van der Waals surface area contributed by atoms with Crippen molar-refractivity contribution in [1.29, 1.82) is 0 Å². The minimum atomic E-state index is -0.154. The molecule has 2 aromatic heterocycles. The number of benzene rings is 1. The van der Waals surface area contributed by atoms with Crippen LogP contribution < -0.4 is 10.2 Å². The molecule has 1 N–H and O–H groups in total. The van der Waals surface area contributed by atoms with Crippen LogP contribution in [-0.4, -0.2) is 33.8 Å². The van der Waals surface area contributed by atoms with E-state index < -0.39 is 0 Å². The molecule has 0 spiro atoms. The van der Waals surface area contributed by atoms with Crippen LogP contribution in [0.5, 0.6) is 0 Å². The van der Waals surface area contributed by atoms with Gasteiger partial charge in [-0.15, -0.1) is 0 Å². The van der Waals surface area contributed by atoms with Crippen LogP contribution in [0.15, 0.2) is 61.1 Å². The van der Waals surface area contributed by atoms with Gasteiger partial charge in [0, 0.05) is 37.4 Å². The number of nitrogens with one attached hydrogen (secondary N) is 1. The minimum Gasteiger partial charge on any atom is -0.357 e. The molecule has 4 rings (SSSR count). The number of aromatic nitrogens is 3. The molecule has 1 saturated heterocycles. The van der Waals surface area contributed by atoms with Crippen LogP contribution >= 0.6 is 0 Å². The van der Waals surface area contributed by atoms with Gasteiger partial charge in [0.1, 0.15) is 5.82 Å². The molecule has 1 fully saturated rings. The summed E-state index contributed by atoms with van der Waals surface area (Å²) in [5.41, 5.74) is 2.35. The van der Waals surface area contributed by atoms with Crippen molar-refractivity contribution in [2.24, 2.45) is 0 Å². The number of carbonyl (C=O) groups is 1. The Balaban J connectivity index is 1.48. The summed E-state index contributed by atoms with van der Waals surface area (Å²) in [6, 6.07) is 13.4. The Morgan fingerprint density at radius 2 is 1.92 bits per heavy atom. The highest BCUT2D eigenvalue weighted by Gasteiger charge is 2.15. The van der Waals surface area contributed by atoms with Crippen LogP contribution in [0.2, 0.25) is 0 Å². The lowest BCUT2D eigenvalue weighted by atomic mass is 10.1. The van der Waals surface area contributed by atoms with Crippen molar-refractivity contribution < 1.29 is 4.79 Å². The molecule has 0 aliphatic carbocycles. The summed E-state index contributed by atoms with van der Waals surface area (Å²) >= 11 is 0. The first-order valence-electron chi connectivity index (χ1n) is 8.87. The summed E-state index contributed by atoms with van der Waals surface area (Å²) in [5, 5.41) is 7.22. The molecule has 0 bridgehead atoms. The molecule has 0 saturated carbocycles. The molecular weight excluding hydrogens is 326 g/mol. The Kier molecular flexibility index (Phi) is 4.64. The number of hydrogen-bond acceptors (Lipinski definition) is 4. The van der Waals surface area contributed by atoms with Gasteiger partial charge in [0.2, 0.25) is 0 Å². The normalized spacial score (nSPS) is 13.8. The summed E-state index contributed by atoms with van der Waals surface area (Å²) in [6.07, 6.45) is 7.71. The van der Waals surface area contributed by atoms with E-state index in [1.165, 1.54) is 12.8 Å². The summed E-state index contributed by atoms with van der Waals surface area (Å²) in [5.74, 6) is 0.788. The van der Waals surface area contributed by atoms with Crippen molar-refractivity contribution in [3.05, 3.63) is 72.2 Å². The molecule has 1 aromatic carbocycles. The predicted octanol–water partition coefficient (Wildman–Crippen LogP) is 3.18. The molecular formula is C20H21N5O. The number of para-hydroxylation sites is 1. The Hall–Kier alpha value is -3.15. The van der Waals surface area contributed by atoms with Crippen molar-refractivity contribution in [3.8, 4) is 0 Å². The maximum Gasteiger partial charge on any atom is 0.257 e. The zero-order valence-electron chi connectivity index (χ0n) is 14.5. The van der Waals surface area contributed by atoms with Crippen molar-refractivity contribution in [2.75, 3.05) is 23.3 Å². The van der Waals surface area contributed by atoms with E-state index in [4.69, 9.17) is 0 Å². The fraction of sp³-hybridized carbons (Fsp3) is 0.250. The van der Waals surface area contributed by atoms with Gasteiger partial charge in [0.15, 0.2) is 0 Å². The number of amides is 1. The Labute approximate surface area is 152 Å². The van der Waals surface area contributed by atoms with Crippen LogP contribution in [0.4, 0.5) is 11.5 Å². The number of anilines is 2. The monoisotopic (exact) mass is 347 g/mol. The zero-order chi connectivity index (χ0) is 17.8. The molecule has 0 radical (unpaired) electrons. The summed E-state index contributed by atoms with van der Waals surface area (Å²) in [6.45, 7) is 2.69. The van der Waals surface area contributed by atoms with E-state index in [1.807, 2.05) is 53.3 Å². The van der Waals surface area contributed by atoms with Gasteiger partial charge in [-0.2, -0.15) is 5.10 Å². The van der Waals surface area contributed by atoms with E-state index in [0.717, 1.165) is 30.2 Å². The van der Waals surface area contributed by atoms with Crippen LogP contribution in [-0.2, 0) is 6.54 Å². The van der Waals surface area contributed by atoms with E-state index >= 15 is 0 Å². The molecule has 1 aliphatic heterocycles. The molecule has 26 heavy (non-hydrogen) atoms. The first kappa shape index (κ1) is 16.3. The highest BCUT2D eigenvalue weighted by atomic mass is 16.1. The van der Waals surface area contributed by atoms with Gasteiger partial charge in [0.25, 0.3) is 5.91 Å². The fourth-order valence-electron chi connectivity index (χ4n) is 3.20. The average Bonchev–Trinajstić information content (AvgIpc) is 3.37. The van der Waals surface area contributed by atoms with Crippen LogP contribution in [0.25, 0.3) is 0 Å². The number of pyridine rings is 1. The lowest BCUT2D eigenvalue weighted by molar-refractivity contribution is 0.102. The summed E-state index contributed by atoms with van der Waals surface area (Å²) in [4.78, 5) is 19.3. The molecule has 1 amide bonds. The molecule has 1 aliphatic rings. The lowest BCUT2D eigenvalue weighted by Crippen LogP contribution is -2.19. The molecule has 3 aromatic rings. The first-order valence-corrected chi connectivity index (χ1v) is 8.87. The number of rotatable bonds is 5. The van der Waals surface area contributed by atoms with Crippen LogP contribution in [0.3, 0.4) is 0 Å². The van der Waals surface area contributed by atoms with Gasteiger partial charge in [-0.05, 0) is 42.7 Å². The van der Waals surface area contributed by atoms with Gasteiger partial charge in [-0.25, -0.2) is 4.98 Å². The zero-order valence-corrected chi connectivity index (χ0v) is 14.5. The first-order chi connectivity index (χ1) is 12.8. The minimum absolute atomic E-state index is 0.154. The SMILES string of the molecule is O=C(Nc1ccccc1Cn1cccn1)c1ccc(N2CCCC2)nc1. The molecule has 6 nitrogen and oxygen atoms in total. The molecule has 0 atom stereocenters. The second-order valence-corrected chi connectivity index (χ2v) is 6.41. The average molecular weight is 347 g/mol. The maximum atomic E-state index is 12.6. The van der Waals surface area contributed by atoms with E-state index in [2.05, 4.69) is 20.3 Å². The van der Waals surface area contributed by atoms with Gasteiger partial charge < -0.3 is 10.2 Å². The number of carbonyl (C=O) groups excluding carboxylic acids is 1. The third-order valence-corrected chi connectivity index (χ3v) is 4.60. The molecule has 0 unspecified atom stereocenters. The Morgan fingerprint density at radius 1 is 1.08 bits per heavy atom. The van der Waals surface area contributed by atoms with Gasteiger partial charge in [-0.1, -0.05) is 18.2 Å². The largest absolute Gasteiger partial charge is 0.357 e. The topological polar surface area (TPSA) is 63.1 Å². The van der Waals surface area contributed by atoms with E-state index in [-0.39, 0.29) is 5.91 Å². The fourth-order valence-corrected chi connectivity index (χ4v) is 3.20. The number of nitrogens with zero attached hydrogens (tertiary/aromatic N) is 4. The third-order valence-electron chi connectivity index (χ3n) is 4.60. The van der Waals surface area contributed by atoms with Gasteiger partial charge in [0.05, 0.1) is 12.1 Å². The van der Waals surface area contributed by atoms with Crippen molar-refractivity contribution in [1.82, 2.24) is 14.8 Å². The van der Waals surface area contributed by atoms with E-state index in [0.29, 0.717) is 12.1 Å². The summed E-state index contributed by atoms with van der Waals surface area (Å²) in [7, 11) is 0. The van der Waals surface area contributed by atoms with Crippen molar-refractivity contribution in [3.63, 3.8) is 0 Å².